The third-order valence-electron chi connectivity index (χ3n) is 2.65. The lowest BCUT2D eigenvalue weighted by Gasteiger charge is -2.18. The van der Waals surface area contributed by atoms with Crippen molar-refractivity contribution in [2.75, 3.05) is 20.2 Å². The van der Waals surface area contributed by atoms with Crippen LogP contribution in [-0.2, 0) is 11.3 Å². The molecule has 0 radical (unpaired) electrons. The second-order valence-electron chi connectivity index (χ2n) is 4.92. The van der Waals surface area contributed by atoms with E-state index in [1.54, 1.807) is 6.07 Å². The number of nitrogens with zero attached hydrogens (tertiary/aromatic N) is 1. The topological polar surface area (TPSA) is 52.9 Å². The van der Waals surface area contributed by atoms with Crippen molar-refractivity contribution in [2.45, 2.75) is 26.5 Å². The average molecular weight is 269 g/mol. The molecule has 4 nitrogen and oxygen atoms in total. The molecule has 106 valence electrons. The summed E-state index contributed by atoms with van der Waals surface area (Å²) in [5.74, 6) is -0.465. The second kappa shape index (κ2) is 7.60. The van der Waals surface area contributed by atoms with Crippen molar-refractivity contribution >= 4 is 12.6 Å². The lowest BCUT2D eigenvalue weighted by molar-refractivity contribution is 0.0627. The van der Waals surface area contributed by atoms with Crippen LogP contribution in [-0.4, -0.2) is 48.4 Å². The van der Waals surface area contributed by atoms with Gasteiger partial charge in [0.2, 0.25) is 0 Å². The molecule has 0 atom stereocenters. The van der Waals surface area contributed by atoms with Crippen molar-refractivity contribution in [3.63, 3.8) is 0 Å². The molecule has 0 aliphatic heterocycles. The molecule has 6 heteroatoms. The molecular formula is C13H21BFNO3. The van der Waals surface area contributed by atoms with Gasteiger partial charge in [0.15, 0.2) is 0 Å². The molecule has 0 aliphatic carbocycles. The highest BCUT2D eigenvalue weighted by Crippen LogP contribution is 2.05. The van der Waals surface area contributed by atoms with Crippen LogP contribution in [0.1, 0.15) is 19.4 Å². The van der Waals surface area contributed by atoms with Gasteiger partial charge in [0.25, 0.3) is 0 Å². The number of rotatable bonds is 7. The van der Waals surface area contributed by atoms with Crippen molar-refractivity contribution in [1.82, 2.24) is 4.90 Å². The van der Waals surface area contributed by atoms with E-state index in [0.717, 1.165) is 12.6 Å². The normalized spacial score (nSPS) is 11.4. The van der Waals surface area contributed by atoms with Crippen molar-refractivity contribution in [1.29, 1.82) is 0 Å². The Balaban J connectivity index is 2.56. The van der Waals surface area contributed by atoms with Crippen molar-refractivity contribution in [3.05, 3.63) is 29.6 Å². The molecule has 0 aromatic heterocycles. The van der Waals surface area contributed by atoms with E-state index >= 15 is 0 Å². The summed E-state index contributed by atoms with van der Waals surface area (Å²) in [4.78, 5) is 1.99. The Bertz CT molecular complexity index is 401. The summed E-state index contributed by atoms with van der Waals surface area (Å²) in [6, 6.07) is 4.11. The first-order valence-corrected chi connectivity index (χ1v) is 6.34. The number of hydrogen-bond acceptors (Lipinski definition) is 4. The van der Waals surface area contributed by atoms with Gasteiger partial charge in [-0.1, -0.05) is 6.07 Å². The Hall–Kier alpha value is -0.945. The maximum atomic E-state index is 13.3. The van der Waals surface area contributed by atoms with Crippen LogP contribution in [0.2, 0.25) is 0 Å². The number of halogens is 1. The van der Waals surface area contributed by atoms with Crippen molar-refractivity contribution in [3.8, 4) is 0 Å². The maximum absolute atomic E-state index is 13.3. The van der Waals surface area contributed by atoms with E-state index in [2.05, 4.69) is 0 Å². The van der Waals surface area contributed by atoms with Gasteiger partial charge in [0.05, 0.1) is 12.7 Å². The summed E-state index contributed by atoms with van der Waals surface area (Å²) < 4.78 is 18.8. The minimum atomic E-state index is -1.65. The molecule has 1 aromatic carbocycles. The Morgan fingerprint density at radius 1 is 1.32 bits per heavy atom. The Kier molecular flexibility index (Phi) is 6.44. The average Bonchev–Trinajstić information content (AvgIpc) is 2.27. The standard InChI is InChI=1S/C13H21BFNO3/c1-10(2)19-5-4-16(3)9-11-6-12(14(17)18)8-13(15)7-11/h6-8,10,17-18H,4-5,9H2,1-3H3. The van der Waals surface area contributed by atoms with Crippen LogP contribution in [0.4, 0.5) is 4.39 Å². The first kappa shape index (κ1) is 16.1. The molecule has 0 amide bonds. The van der Waals surface area contributed by atoms with E-state index < -0.39 is 12.9 Å². The monoisotopic (exact) mass is 269 g/mol. The van der Waals surface area contributed by atoms with Gasteiger partial charge in [-0.25, -0.2) is 4.39 Å². The quantitative estimate of drug-likeness (QED) is 0.702. The Morgan fingerprint density at radius 2 is 2.00 bits per heavy atom. The summed E-state index contributed by atoms with van der Waals surface area (Å²) in [5, 5.41) is 18.1. The molecule has 2 N–H and O–H groups in total. The zero-order valence-electron chi connectivity index (χ0n) is 11.6. The second-order valence-corrected chi connectivity index (χ2v) is 4.92. The van der Waals surface area contributed by atoms with Crippen LogP contribution >= 0.6 is 0 Å². The van der Waals surface area contributed by atoms with E-state index in [1.807, 2.05) is 25.8 Å². The van der Waals surface area contributed by atoms with Crippen molar-refractivity contribution < 1.29 is 19.2 Å². The fraction of sp³-hybridized carbons (Fsp3) is 0.538. The highest BCUT2D eigenvalue weighted by Gasteiger charge is 2.13. The lowest BCUT2D eigenvalue weighted by atomic mass is 9.79. The Morgan fingerprint density at radius 3 is 2.58 bits per heavy atom. The predicted octanol–water partition coefficient (Wildman–Crippen LogP) is 0.362. The van der Waals surface area contributed by atoms with E-state index in [4.69, 9.17) is 14.8 Å². The third kappa shape index (κ3) is 6.16. The highest BCUT2D eigenvalue weighted by atomic mass is 19.1. The van der Waals surface area contributed by atoms with Gasteiger partial charge < -0.3 is 14.8 Å². The fourth-order valence-electron chi connectivity index (χ4n) is 1.75. The minimum absolute atomic E-state index is 0.168. The van der Waals surface area contributed by atoms with Crippen LogP contribution < -0.4 is 5.46 Å². The van der Waals surface area contributed by atoms with Gasteiger partial charge in [-0.3, -0.25) is 4.90 Å². The molecule has 0 unspecified atom stereocenters. The molecule has 0 fully saturated rings. The number of hydrogen-bond donors (Lipinski definition) is 2. The number of likely N-dealkylation sites (N-methyl/N-ethyl adjacent to an activating group) is 1. The minimum Gasteiger partial charge on any atom is -0.423 e. The highest BCUT2D eigenvalue weighted by molar-refractivity contribution is 6.58. The smallest absolute Gasteiger partial charge is 0.423 e. The van der Waals surface area contributed by atoms with Crippen LogP contribution in [0.25, 0.3) is 0 Å². The summed E-state index contributed by atoms with van der Waals surface area (Å²) in [6.07, 6.45) is 0.193. The summed E-state index contributed by atoms with van der Waals surface area (Å²) in [7, 11) is 0.257. The molecular weight excluding hydrogens is 248 g/mol. The zero-order valence-corrected chi connectivity index (χ0v) is 11.6. The van der Waals surface area contributed by atoms with E-state index in [0.29, 0.717) is 18.7 Å². The Labute approximate surface area is 114 Å². The maximum Gasteiger partial charge on any atom is 0.488 e. The van der Waals surface area contributed by atoms with Crippen molar-refractivity contribution in [2.24, 2.45) is 0 Å². The van der Waals surface area contributed by atoms with E-state index in [9.17, 15) is 4.39 Å². The van der Waals surface area contributed by atoms with E-state index in [1.165, 1.54) is 6.07 Å². The molecule has 0 aliphatic rings. The van der Waals surface area contributed by atoms with Gasteiger partial charge in [0.1, 0.15) is 5.82 Å². The fourth-order valence-corrected chi connectivity index (χ4v) is 1.75. The van der Waals surface area contributed by atoms with Gasteiger partial charge in [-0.15, -0.1) is 0 Å². The van der Waals surface area contributed by atoms with Gasteiger partial charge in [0, 0.05) is 13.1 Å². The largest absolute Gasteiger partial charge is 0.488 e. The number of benzene rings is 1. The molecule has 0 spiro atoms. The molecule has 0 heterocycles. The van der Waals surface area contributed by atoms with Gasteiger partial charge >= 0.3 is 7.12 Å². The molecule has 0 bridgehead atoms. The van der Waals surface area contributed by atoms with Gasteiger partial charge in [-0.05, 0) is 44.1 Å². The predicted molar refractivity (Wildman–Crippen MR) is 73.6 cm³/mol. The molecule has 19 heavy (non-hydrogen) atoms. The summed E-state index contributed by atoms with van der Waals surface area (Å²) >= 11 is 0. The first-order chi connectivity index (χ1) is 8.88. The van der Waals surface area contributed by atoms with Crippen LogP contribution in [0.15, 0.2) is 18.2 Å². The third-order valence-corrected chi connectivity index (χ3v) is 2.65. The van der Waals surface area contributed by atoms with Crippen LogP contribution in [0.5, 0.6) is 0 Å². The number of ether oxygens (including phenoxy) is 1. The van der Waals surface area contributed by atoms with Crippen LogP contribution in [0.3, 0.4) is 0 Å². The molecule has 0 saturated heterocycles. The SMILES string of the molecule is CC(C)OCCN(C)Cc1cc(F)cc(B(O)O)c1. The van der Waals surface area contributed by atoms with E-state index in [-0.39, 0.29) is 11.6 Å². The molecule has 1 rings (SSSR count). The summed E-state index contributed by atoms with van der Waals surface area (Å²) in [5.41, 5.74) is 0.872. The molecule has 1 aromatic rings. The summed E-state index contributed by atoms with van der Waals surface area (Å²) in [6.45, 7) is 5.81. The van der Waals surface area contributed by atoms with Crippen LogP contribution in [0, 0.1) is 5.82 Å². The van der Waals surface area contributed by atoms with Gasteiger partial charge in [-0.2, -0.15) is 0 Å². The first-order valence-electron chi connectivity index (χ1n) is 6.34. The lowest BCUT2D eigenvalue weighted by Crippen LogP contribution is -2.31. The zero-order chi connectivity index (χ0) is 14.4. The molecule has 0 saturated carbocycles.